The maximum atomic E-state index is 9.80. The molecular formula is C20H17BN2O2. The Labute approximate surface area is 145 Å². The van der Waals surface area contributed by atoms with Crippen molar-refractivity contribution in [1.29, 1.82) is 0 Å². The van der Waals surface area contributed by atoms with Gasteiger partial charge in [-0.2, -0.15) is 0 Å². The maximum Gasteiger partial charge on any atom is 0.488 e. The molecule has 2 N–H and O–H groups in total. The number of fused-ring (bicyclic) bond motifs is 5. The molecule has 0 bridgehead atoms. The Balaban J connectivity index is 2.10. The molecule has 0 saturated carbocycles. The van der Waals surface area contributed by atoms with Crippen molar-refractivity contribution in [3.63, 3.8) is 0 Å². The van der Waals surface area contributed by atoms with Crippen LogP contribution in [0.1, 0.15) is 25.0 Å². The molecule has 1 aliphatic rings. The minimum atomic E-state index is -1.50. The van der Waals surface area contributed by atoms with E-state index in [4.69, 9.17) is 0 Å². The van der Waals surface area contributed by atoms with Gasteiger partial charge in [0, 0.05) is 28.6 Å². The van der Waals surface area contributed by atoms with Crippen molar-refractivity contribution in [2.24, 2.45) is 0 Å². The number of hydrogen-bond donors (Lipinski definition) is 2. The highest BCUT2D eigenvalue weighted by Crippen LogP contribution is 2.46. The zero-order chi connectivity index (χ0) is 17.3. The standard InChI is InChI=1S/C20H17BN2O2/c1-20(2)15-5-3-4-6-18(15)23-17-7-8-22-11-14(17)13-9-12(21(24)25)10-16(20)19(13)23/h3-11,24-25H,1-2H3. The largest absolute Gasteiger partial charge is 0.488 e. The Morgan fingerprint density at radius 3 is 2.60 bits per heavy atom. The summed E-state index contributed by atoms with van der Waals surface area (Å²) in [6, 6.07) is 14.2. The SMILES string of the molecule is CC1(C)c2ccccc2-n2c3ccncc3c3cc(B(O)O)cc1c32. The third-order valence-electron chi connectivity index (χ3n) is 5.47. The van der Waals surface area contributed by atoms with E-state index < -0.39 is 7.12 Å². The minimum absolute atomic E-state index is 0.239. The smallest absolute Gasteiger partial charge is 0.423 e. The Hall–Kier alpha value is -2.63. The molecule has 25 heavy (non-hydrogen) atoms. The highest BCUT2D eigenvalue weighted by molar-refractivity contribution is 6.59. The van der Waals surface area contributed by atoms with Crippen LogP contribution in [-0.4, -0.2) is 26.7 Å². The highest BCUT2D eigenvalue weighted by atomic mass is 16.4. The van der Waals surface area contributed by atoms with Gasteiger partial charge in [0.25, 0.3) is 0 Å². The van der Waals surface area contributed by atoms with Crippen LogP contribution in [0.5, 0.6) is 0 Å². The zero-order valence-electron chi connectivity index (χ0n) is 14.1. The van der Waals surface area contributed by atoms with E-state index in [9.17, 15) is 10.0 Å². The van der Waals surface area contributed by atoms with Gasteiger partial charge >= 0.3 is 7.12 Å². The topological polar surface area (TPSA) is 58.3 Å². The van der Waals surface area contributed by atoms with Crippen LogP contribution in [0.25, 0.3) is 27.5 Å². The van der Waals surface area contributed by atoms with Gasteiger partial charge in [0.2, 0.25) is 0 Å². The minimum Gasteiger partial charge on any atom is -0.423 e. The average molecular weight is 328 g/mol. The van der Waals surface area contributed by atoms with Crippen molar-refractivity contribution in [2.45, 2.75) is 19.3 Å². The van der Waals surface area contributed by atoms with E-state index >= 15 is 0 Å². The van der Waals surface area contributed by atoms with Crippen LogP contribution in [0.4, 0.5) is 0 Å². The van der Waals surface area contributed by atoms with E-state index in [1.165, 1.54) is 11.3 Å². The van der Waals surface area contributed by atoms with Crippen molar-refractivity contribution < 1.29 is 10.0 Å². The molecule has 0 saturated heterocycles. The fraction of sp³-hybridized carbons (Fsp3) is 0.150. The lowest BCUT2D eigenvalue weighted by Crippen LogP contribution is -2.33. The fourth-order valence-electron chi connectivity index (χ4n) is 4.23. The molecule has 0 atom stereocenters. The molecular weight excluding hydrogens is 311 g/mol. The third kappa shape index (κ3) is 1.77. The average Bonchev–Trinajstić information content (AvgIpc) is 2.94. The maximum absolute atomic E-state index is 9.80. The van der Waals surface area contributed by atoms with Gasteiger partial charge in [-0.3, -0.25) is 4.98 Å². The van der Waals surface area contributed by atoms with Gasteiger partial charge in [0.1, 0.15) is 0 Å². The van der Waals surface area contributed by atoms with Crippen molar-refractivity contribution in [3.05, 3.63) is 66.0 Å². The third-order valence-corrected chi connectivity index (χ3v) is 5.47. The quantitative estimate of drug-likeness (QED) is 0.528. The van der Waals surface area contributed by atoms with Gasteiger partial charge in [0.05, 0.1) is 16.7 Å². The van der Waals surface area contributed by atoms with Crippen molar-refractivity contribution in [2.75, 3.05) is 0 Å². The predicted molar refractivity (Wildman–Crippen MR) is 101 cm³/mol. The summed E-state index contributed by atoms with van der Waals surface area (Å²) in [5, 5.41) is 21.6. The lowest BCUT2D eigenvalue weighted by Gasteiger charge is -2.35. The molecule has 0 aliphatic carbocycles. The number of rotatable bonds is 1. The molecule has 122 valence electrons. The summed E-state index contributed by atoms with van der Waals surface area (Å²) >= 11 is 0. The van der Waals surface area contributed by atoms with Crippen LogP contribution < -0.4 is 5.46 Å². The Morgan fingerprint density at radius 1 is 1.00 bits per heavy atom. The van der Waals surface area contributed by atoms with Gasteiger partial charge in [-0.15, -0.1) is 0 Å². The summed E-state index contributed by atoms with van der Waals surface area (Å²) in [7, 11) is -1.50. The molecule has 0 radical (unpaired) electrons. The number of pyridine rings is 1. The fourth-order valence-corrected chi connectivity index (χ4v) is 4.23. The van der Waals surface area contributed by atoms with Crippen molar-refractivity contribution >= 4 is 34.4 Å². The molecule has 5 heteroatoms. The second kappa shape index (κ2) is 4.72. The van der Waals surface area contributed by atoms with Gasteiger partial charge in [0.15, 0.2) is 0 Å². The number of benzene rings is 2. The number of hydrogen-bond acceptors (Lipinski definition) is 3. The first-order valence-corrected chi connectivity index (χ1v) is 8.39. The molecule has 2 aromatic carbocycles. The zero-order valence-corrected chi connectivity index (χ0v) is 14.1. The summed E-state index contributed by atoms with van der Waals surface area (Å²) in [6.07, 6.45) is 3.65. The first-order chi connectivity index (χ1) is 12.0. The first kappa shape index (κ1) is 14.7. The second-order valence-corrected chi connectivity index (χ2v) is 7.21. The summed E-state index contributed by atoms with van der Waals surface area (Å²) < 4.78 is 2.27. The molecule has 0 spiro atoms. The molecule has 4 nitrogen and oxygen atoms in total. The Bertz CT molecular complexity index is 1160. The molecule has 0 amide bonds. The summed E-state index contributed by atoms with van der Waals surface area (Å²) in [4.78, 5) is 4.29. The number of para-hydroxylation sites is 1. The summed E-state index contributed by atoms with van der Waals surface area (Å²) in [6.45, 7) is 4.38. The van der Waals surface area contributed by atoms with Crippen molar-refractivity contribution in [3.8, 4) is 5.69 Å². The van der Waals surface area contributed by atoms with Crippen LogP contribution in [0, 0.1) is 0 Å². The van der Waals surface area contributed by atoms with Gasteiger partial charge in [-0.25, -0.2) is 0 Å². The van der Waals surface area contributed by atoms with Crippen LogP contribution in [0.3, 0.4) is 0 Å². The molecule has 1 aliphatic heterocycles. The predicted octanol–water partition coefficient (Wildman–Crippen LogP) is 2.50. The number of aromatic nitrogens is 2. The summed E-state index contributed by atoms with van der Waals surface area (Å²) in [5.41, 5.74) is 5.97. The molecule has 0 fully saturated rings. The monoisotopic (exact) mass is 328 g/mol. The molecule has 0 unspecified atom stereocenters. The second-order valence-electron chi connectivity index (χ2n) is 7.21. The van der Waals surface area contributed by atoms with E-state index in [0.29, 0.717) is 5.46 Å². The van der Waals surface area contributed by atoms with Crippen LogP contribution >= 0.6 is 0 Å². The highest BCUT2D eigenvalue weighted by Gasteiger charge is 2.36. The van der Waals surface area contributed by atoms with Gasteiger partial charge in [-0.1, -0.05) is 44.2 Å². The van der Waals surface area contributed by atoms with Gasteiger partial charge in [-0.05, 0) is 28.7 Å². The van der Waals surface area contributed by atoms with Crippen LogP contribution in [-0.2, 0) is 5.41 Å². The van der Waals surface area contributed by atoms with E-state index in [1.807, 2.05) is 24.4 Å². The van der Waals surface area contributed by atoms with Crippen LogP contribution in [0.15, 0.2) is 54.9 Å². The molecule has 3 heterocycles. The lowest BCUT2D eigenvalue weighted by molar-refractivity contribution is 0.425. The van der Waals surface area contributed by atoms with Gasteiger partial charge < -0.3 is 14.6 Å². The van der Waals surface area contributed by atoms with E-state index in [2.05, 4.69) is 47.7 Å². The van der Waals surface area contributed by atoms with Crippen LogP contribution in [0.2, 0.25) is 0 Å². The molecule has 4 aromatic rings. The number of nitrogens with zero attached hydrogens (tertiary/aromatic N) is 2. The summed E-state index contributed by atoms with van der Waals surface area (Å²) in [5.74, 6) is 0. The Morgan fingerprint density at radius 2 is 1.80 bits per heavy atom. The van der Waals surface area contributed by atoms with Crippen molar-refractivity contribution in [1.82, 2.24) is 9.55 Å². The van der Waals surface area contributed by atoms with E-state index in [1.54, 1.807) is 6.20 Å². The first-order valence-electron chi connectivity index (χ1n) is 8.39. The normalized spacial score (nSPS) is 14.7. The Kier molecular flexibility index (Phi) is 2.77. The molecule has 5 rings (SSSR count). The van der Waals surface area contributed by atoms with E-state index in [-0.39, 0.29) is 5.41 Å². The lowest BCUT2D eigenvalue weighted by atomic mass is 9.70. The molecule has 2 aromatic heterocycles. The van der Waals surface area contributed by atoms with E-state index in [0.717, 1.165) is 27.4 Å².